The molecular formula is C23H41N5O. The van der Waals surface area contributed by atoms with Gasteiger partial charge in [-0.15, -0.1) is 0 Å². The topological polar surface area (TPSA) is 52.1 Å². The lowest BCUT2D eigenvalue weighted by atomic mass is 10.2. The zero-order valence-electron chi connectivity index (χ0n) is 18.7. The Morgan fingerprint density at radius 3 is 2.59 bits per heavy atom. The summed E-state index contributed by atoms with van der Waals surface area (Å²) in [5, 5.41) is 6.82. The van der Waals surface area contributed by atoms with Crippen LogP contribution in [-0.4, -0.2) is 81.8 Å². The Hall–Kier alpha value is -1.63. The Morgan fingerprint density at radius 2 is 1.86 bits per heavy atom. The SMILES string of the molecule is CCNC(=NCC(C)COCc1ccccc1)NCCCCN1CCN(C)CC1. The van der Waals surface area contributed by atoms with Gasteiger partial charge in [-0.1, -0.05) is 37.3 Å². The van der Waals surface area contributed by atoms with E-state index in [1.54, 1.807) is 0 Å². The van der Waals surface area contributed by atoms with Crippen LogP contribution in [0.15, 0.2) is 35.3 Å². The highest BCUT2D eigenvalue weighted by Gasteiger charge is 2.12. The van der Waals surface area contributed by atoms with E-state index >= 15 is 0 Å². The molecule has 2 rings (SSSR count). The molecule has 0 bridgehead atoms. The van der Waals surface area contributed by atoms with Gasteiger partial charge in [0, 0.05) is 45.8 Å². The molecule has 0 radical (unpaired) electrons. The first-order valence-corrected chi connectivity index (χ1v) is 11.2. The van der Waals surface area contributed by atoms with Gasteiger partial charge < -0.3 is 25.2 Å². The molecule has 1 aromatic carbocycles. The molecule has 164 valence electrons. The van der Waals surface area contributed by atoms with Crippen molar-refractivity contribution in [3.8, 4) is 0 Å². The lowest BCUT2D eigenvalue weighted by Crippen LogP contribution is -2.44. The van der Waals surface area contributed by atoms with Crippen LogP contribution in [0, 0.1) is 5.92 Å². The van der Waals surface area contributed by atoms with Crippen LogP contribution in [0.3, 0.4) is 0 Å². The van der Waals surface area contributed by atoms with E-state index < -0.39 is 0 Å². The van der Waals surface area contributed by atoms with E-state index in [1.807, 2.05) is 18.2 Å². The zero-order valence-corrected chi connectivity index (χ0v) is 18.7. The van der Waals surface area contributed by atoms with E-state index in [1.165, 1.54) is 51.1 Å². The summed E-state index contributed by atoms with van der Waals surface area (Å²) < 4.78 is 5.83. The summed E-state index contributed by atoms with van der Waals surface area (Å²) >= 11 is 0. The van der Waals surface area contributed by atoms with E-state index in [4.69, 9.17) is 9.73 Å². The van der Waals surface area contributed by atoms with E-state index in [0.29, 0.717) is 12.5 Å². The van der Waals surface area contributed by atoms with Crippen LogP contribution in [-0.2, 0) is 11.3 Å². The molecule has 0 spiro atoms. The first kappa shape index (κ1) is 23.6. The van der Waals surface area contributed by atoms with Crippen LogP contribution < -0.4 is 10.6 Å². The van der Waals surface area contributed by atoms with Crippen molar-refractivity contribution < 1.29 is 4.74 Å². The molecule has 29 heavy (non-hydrogen) atoms. The van der Waals surface area contributed by atoms with Crippen molar-refractivity contribution in [1.29, 1.82) is 0 Å². The number of aliphatic imine (C=N–C) groups is 1. The van der Waals surface area contributed by atoms with Crippen LogP contribution in [0.2, 0.25) is 0 Å². The van der Waals surface area contributed by atoms with Crippen LogP contribution >= 0.6 is 0 Å². The maximum atomic E-state index is 5.83. The normalized spacial score (nSPS) is 17.3. The van der Waals surface area contributed by atoms with Crippen LogP contribution in [0.25, 0.3) is 0 Å². The Labute approximate surface area is 177 Å². The highest BCUT2D eigenvalue weighted by Crippen LogP contribution is 2.04. The van der Waals surface area contributed by atoms with E-state index in [9.17, 15) is 0 Å². The maximum absolute atomic E-state index is 5.83. The van der Waals surface area contributed by atoms with Gasteiger partial charge in [0.15, 0.2) is 5.96 Å². The summed E-state index contributed by atoms with van der Waals surface area (Å²) in [5.74, 6) is 1.31. The molecule has 1 fully saturated rings. The number of likely N-dealkylation sites (N-methyl/N-ethyl adjacent to an activating group) is 1. The largest absolute Gasteiger partial charge is 0.376 e. The summed E-state index contributed by atoms with van der Waals surface area (Å²) in [6.07, 6.45) is 2.41. The molecule has 1 saturated heterocycles. The van der Waals surface area contributed by atoms with Crippen molar-refractivity contribution >= 4 is 5.96 Å². The van der Waals surface area contributed by atoms with Crippen molar-refractivity contribution in [2.24, 2.45) is 10.9 Å². The van der Waals surface area contributed by atoms with E-state index in [2.05, 4.69) is 53.5 Å². The lowest BCUT2D eigenvalue weighted by molar-refractivity contribution is 0.0945. The number of benzene rings is 1. The molecule has 6 nitrogen and oxygen atoms in total. The van der Waals surface area contributed by atoms with E-state index in [0.717, 1.165) is 32.2 Å². The number of hydrogen-bond donors (Lipinski definition) is 2. The van der Waals surface area contributed by atoms with Gasteiger partial charge >= 0.3 is 0 Å². The molecule has 1 aliphatic rings. The van der Waals surface area contributed by atoms with E-state index in [-0.39, 0.29) is 0 Å². The summed E-state index contributed by atoms with van der Waals surface area (Å²) in [6.45, 7) is 14.3. The minimum Gasteiger partial charge on any atom is -0.376 e. The Morgan fingerprint density at radius 1 is 1.10 bits per heavy atom. The van der Waals surface area contributed by atoms with Crippen molar-refractivity contribution in [3.05, 3.63) is 35.9 Å². The predicted octanol–water partition coefficient (Wildman–Crippen LogP) is 2.42. The maximum Gasteiger partial charge on any atom is 0.191 e. The number of nitrogens with one attached hydrogen (secondary N) is 2. The third-order valence-electron chi connectivity index (χ3n) is 5.21. The molecule has 1 atom stereocenters. The fourth-order valence-corrected chi connectivity index (χ4v) is 3.33. The number of guanidine groups is 1. The Bertz CT molecular complexity index is 558. The number of unbranched alkanes of at least 4 members (excludes halogenated alkanes) is 1. The molecular weight excluding hydrogens is 362 g/mol. The lowest BCUT2D eigenvalue weighted by Gasteiger charge is -2.32. The third kappa shape index (κ3) is 10.6. The first-order valence-electron chi connectivity index (χ1n) is 11.2. The minimum atomic E-state index is 0.395. The molecule has 0 amide bonds. The molecule has 1 heterocycles. The van der Waals surface area contributed by atoms with Crippen molar-refractivity contribution in [2.45, 2.75) is 33.3 Å². The van der Waals surface area contributed by atoms with Crippen molar-refractivity contribution in [3.63, 3.8) is 0 Å². The van der Waals surface area contributed by atoms with Gasteiger partial charge in [0.1, 0.15) is 0 Å². The average Bonchev–Trinajstić information content (AvgIpc) is 2.74. The number of nitrogens with zero attached hydrogens (tertiary/aromatic N) is 3. The predicted molar refractivity (Wildman–Crippen MR) is 122 cm³/mol. The average molecular weight is 404 g/mol. The summed E-state index contributed by atoms with van der Waals surface area (Å²) in [5.41, 5.74) is 1.22. The highest BCUT2D eigenvalue weighted by atomic mass is 16.5. The van der Waals surface area contributed by atoms with Crippen LogP contribution in [0.4, 0.5) is 0 Å². The second-order valence-corrected chi connectivity index (χ2v) is 8.10. The number of piperazine rings is 1. The molecule has 0 aromatic heterocycles. The first-order chi connectivity index (χ1) is 14.2. The van der Waals surface area contributed by atoms with Crippen molar-refractivity contribution in [1.82, 2.24) is 20.4 Å². The highest BCUT2D eigenvalue weighted by molar-refractivity contribution is 5.79. The minimum absolute atomic E-state index is 0.395. The summed E-state index contributed by atoms with van der Waals surface area (Å²) in [4.78, 5) is 9.72. The Kier molecular flexibility index (Phi) is 11.7. The zero-order chi connectivity index (χ0) is 20.7. The molecule has 1 unspecified atom stereocenters. The van der Waals surface area contributed by atoms with Gasteiger partial charge in [-0.2, -0.15) is 0 Å². The molecule has 2 N–H and O–H groups in total. The van der Waals surface area contributed by atoms with Crippen LogP contribution in [0.5, 0.6) is 0 Å². The quantitative estimate of drug-likeness (QED) is 0.319. The standard InChI is InChI=1S/C23H41N5O/c1-4-24-23(25-12-8-9-13-28-16-14-27(3)15-17-28)26-18-21(2)19-29-20-22-10-6-5-7-11-22/h5-7,10-11,21H,4,8-9,12-20H2,1-3H3,(H2,24,25,26). The number of hydrogen-bond acceptors (Lipinski definition) is 4. The van der Waals surface area contributed by atoms with Gasteiger partial charge in [0.05, 0.1) is 13.2 Å². The van der Waals surface area contributed by atoms with Gasteiger partial charge in [-0.25, -0.2) is 0 Å². The third-order valence-corrected chi connectivity index (χ3v) is 5.21. The van der Waals surface area contributed by atoms with Crippen molar-refractivity contribution in [2.75, 3.05) is 66.0 Å². The number of rotatable bonds is 12. The fourth-order valence-electron chi connectivity index (χ4n) is 3.33. The van der Waals surface area contributed by atoms with Gasteiger partial charge in [-0.3, -0.25) is 4.99 Å². The number of ether oxygens (including phenoxy) is 1. The molecule has 0 saturated carbocycles. The monoisotopic (exact) mass is 403 g/mol. The summed E-state index contributed by atoms with van der Waals surface area (Å²) in [7, 11) is 2.21. The molecule has 1 aromatic rings. The van der Waals surface area contributed by atoms with Crippen LogP contribution in [0.1, 0.15) is 32.3 Å². The van der Waals surface area contributed by atoms with Gasteiger partial charge in [0.2, 0.25) is 0 Å². The fraction of sp³-hybridized carbons (Fsp3) is 0.696. The summed E-state index contributed by atoms with van der Waals surface area (Å²) in [6, 6.07) is 10.3. The van der Waals surface area contributed by atoms with Gasteiger partial charge in [-0.05, 0) is 44.8 Å². The Balaban J connectivity index is 1.57. The molecule has 0 aliphatic carbocycles. The molecule has 6 heteroatoms. The van der Waals surface area contributed by atoms with Gasteiger partial charge in [0.25, 0.3) is 0 Å². The second kappa shape index (κ2) is 14.4. The smallest absolute Gasteiger partial charge is 0.191 e. The molecule has 1 aliphatic heterocycles. The second-order valence-electron chi connectivity index (χ2n) is 8.10.